The highest BCUT2D eigenvalue weighted by atomic mass is 19.2. The smallest absolute Gasteiger partial charge is 0.224 e. The molecule has 5 heteroatoms. The van der Waals surface area contributed by atoms with E-state index in [9.17, 15) is 13.6 Å². The Labute approximate surface area is 117 Å². The second-order valence-electron chi connectivity index (χ2n) is 5.37. The molecule has 3 nitrogen and oxygen atoms in total. The van der Waals surface area contributed by atoms with Crippen LogP contribution in [-0.2, 0) is 11.2 Å². The SMILES string of the molecule is NC1CCCCCC1NC(=O)Cc1cccc(F)c1F. The molecule has 1 amide bonds. The van der Waals surface area contributed by atoms with E-state index in [0.29, 0.717) is 0 Å². The van der Waals surface area contributed by atoms with Crippen LogP contribution in [0.5, 0.6) is 0 Å². The van der Waals surface area contributed by atoms with Crippen LogP contribution in [0.3, 0.4) is 0 Å². The van der Waals surface area contributed by atoms with E-state index >= 15 is 0 Å². The predicted molar refractivity (Wildman–Crippen MR) is 73.1 cm³/mol. The Morgan fingerprint density at radius 1 is 1.25 bits per heavy atom. The summed E-state index contributed by atoms with van der Waals surface area (Å²) in [7, 11) is 0. The Hall–Kier alpha value is -1.49. The van der Waals surface area contributed by atoms with E-state index in [-0.39, 0.29) is 30.0 Å². The molecule has 0 heterocycles. The quantitative estimate of drug-likeness (QED) is 0.836. The number of carbonyl (C=O) groups is 1. The van der Waals surface area contributed by atoms with E-state index in [2.05, 4.69) is 5.32 Å². The van der Waals surface area contributed by atoms with Gasteiger partial charge in [-0.25, -0.2) is 8.78 Å². The maximum absolute atomic E-state index is 13.5. The molecule has 0 aromatic heterocycles. The highest BCUT2D eigenvalue weighted by molar-refractivity contribution is 5.79. The molecule has 1 aromatic rings. The molecular formula is C15H20F2N2O. The van der Waals surface area contributed by atoms with Gasteiger partial charge in [0, 0.05) is 17.6 Å². The van der Waals surface area contributed by atoms with Crippen LogP contribution in [0.4, 0.5) is 8.78 Å². The first-order valence-corrected chi connectivity index (χ1v) is 7.06. The summed E-state index contributed by atoms with van der Waals surface area (Å²) in [4.78, 5) is 11.9. The van der Waals surface area contributed by atoms with Crippen LogP contribution in [0.25, 0.3) is 0 Å². The molecule has 2 rings (SSSR count). The highest BCUT2D eigenvalue weighted by Crippen LogP contribution is 2.17. The fourth-order valence-corrected chi connectivity index (χ4v) is 2.63. The van der Waals surface area contributed by atoms with Crippen molar-refractivity contribution in [3.05, 3.63) is 35.4 Å². The number of nitrogens with one attached hydrogen (secondary N) is 1. The molecule has 0 bridgehead atoms. The van der Waals surface area contributed by atoms with E-state index < -0.39 is 11.6 Å². The number of hydrogen-bond donors (Lipinski definition) is 2. The normalized spacial score (nSPS) is 23.1. The largest absolute Gasteiger partial charge is 0.352 e. The summed E-state index contributed by atoms with van der Waals surface area (Å²) in [6.45, 7) is 0. The van der Waals surface area contributed by atoms with Crippen molar-refractivity contribution in [2.24, 2.45) is 5.73 Å². The van der Waals surface area contributed by atoms with Gasteiger partial charge in [-0.3, -0.25) is 4.79 Å². The minimum atomic E-state index is -0.951. The Morgan fingerprint density at radius 2 is 2.00 bits per heavy atom. The van der Waals surface area contributed by atoms with E-state index in [1.54, 1.807) is 0 Å². The third kappa shape index (κ3) is 3.76. The van der Waals surface area contributed by atoms with Gasteiger partial charge in [0.2, 0.25) is 5.91 Å². The van der Waals surface area contributed by atoms with Gasteiger partial charge in [0.25, 0.3) is 0 Å². The van der Waals surface area contributed by atoms with Crippen LogP contribution < -0.4 is 11.1 Å². The summed E-state index contributed by atoms with van der Waals surface area (Å²) >= 11 is 0. The van der Waals surface area contributed by atoms with Crippen molar-refractivity contribution in [2.45, 2.75) is 50.6 Å². The number of rotatable bonds is 3. The molecule has 0 radical (unpaired) electrons. The molecule has 1 aromatic carbocycles. The van der Waals surface area contributed by atoms with Crippen LogP contribution in [0.15, 0.2) is 18.2 Å². The summed E-state index contributed by atoms with van der Waals surface area (Å²) in [6.07, 6.45) is 4.81. The zero-order chi connectivity index (χ0) is 14.5. The van der Waals surface area contributed by atoms with Crippen molar-refractivity contribution in [1.29, 1.82) is 0 Å². The topological polar surface area (TPSA) is 55.1 Å². The Kier molecular flexibility index (Phi) is 5.06. The summed E-state index contributed by atoms with van der Waals surface area (Å²) in [5.74, 6) is -2.19. The summed E-state index contributed by atoms with van der Waals surface area (Å²) in [5.41, 5.74) is 6.10. The molecule has 1 aliphatic rings. The van der Waals surface area contributed by atoms with Crippen LogP contribution in [0.2, 0.25) is 0 Å². The number of halogens is 2. The molecule has 0 spiro atoms. The molecule has 110 valence electrons. The second kappa shape index (κ2) is 6.79. The van der Waals surface area contributed by atoms with Crippen molar-refractivity contribution in [2.75, 3.05) is 0 Å². The number of hydrogen-bond acceptors (Lipinski definition) is 2. The van der Waals surface area contributed by atoms with Gasteiger partial charge in [-0.1, -0.05) is 31.4 Å². The lowest BCUT2D eigenvalue weighted by Crippen LogP contribution is -2.47. The fourth-order valence-electron chi connectivity index (χ4n) is 2.63. The molecule has 2 unspecified atom stereocenters. The first-order chi connectivity index (χ1) is 9.58. The highest BCUT2D eigenvalue weighted by Gasteiger charge is 2.22. The Bertz CT molecular complexity index is 479. The molecule has 1 fully saturated rings. The van der Waals surface area contributed by atoms with Gasteiger partial charge in [-0.05, 0) is 18.9 Å². The van der Waals surface area contributed by atoms with Crippen molar-refractivity contribution >= 4 is 5.91 Å². The molecule has 0 aliphatic heterocycles. The second-order valence-corrected chi connectivity index (χ2v) is 5.37. The molecule has 3 N–H and O–H groups in total. The van der Waals surface area contributed by atoms with Gasteiger partial charge in [0.05, 0.1) is 6.42 Å². The zero-order valence-corrected chi connectivity index (χ0v) is 11.4. The molecular weight excluding hydrogens is 262 g/mol. The zero-order valence-electron chi connectivity index (χ0n) is 11.4. The predicted octanol–water partition coefficient (Wildman–Crippen LogP) is 2.28. The standard InChI is InChI=1S/C15H20F2N2O/c16-11-6-4-5-10(15(11)17)9-14(20)19-13-8-3-1-2-7-12(13)18/h4-6,12-13H,1-3,7-9,18H2,(H,19,20). The van der Waals surface area contributed by atoms with Gasteiger partial charge in [0.1, 0.15) is 0 Å². The molecule has 1 saturated carbocycles. The molecule has 2 atom stereocenters. The molecule has 1 aliphatic carbocycles. The minimum Gasteiger partial charge on any atom is -0.352 e. The Morgan fingerprint density at radius 3 is 2.80 bits per heavy atom. The van der Waals surface area contributed by atoms with Crippen LogP contribution in [0, 0.1) is 11.6 Å². The monoisotopic (exact) mass is 282 g/mol. The minimum absolute atomic E-state index is 0.0567. The van der Waals surface area contributed by atoms with E-state index in [0.717, 1.165) is 38.2 Å². The first-order valence-electron chi connectivity index (χ1n) is 7.06. The van der Waals surface area contributed by atoms with Crippen molar-refractivity contribution < 1.29 is 13.6 Å². The van der Waals surface area contributed by atoms with Crippen molar-refractivity contribution in [3.63, 3.8) is 0 Å². The van der Waals surface area contributed by atoms with Crippen molar-refractivity contribution in [1.82, 2.24) is 5.32 Å². The van der Waals surface area contributed by atoms with Crippen molar-refractivity contribution in [3.8, 4) is 0 Å². The van der Waals surface area contributed by atoms with E-state index in [1.165, 1.54) is 12.1 Å². The van der Waals surface area contributed by atoms with Gasteiger partial charge in [0.15, 0.2) is 11.6 Å². The van der Waals surface area contributed by atoms with E-state index in [1.807, 2.05) is 0 Å². The summed E-state index contributed by atoms with van der Waals surface area (Å²) in [5, 5.41) is 2.85. The van der Waals surface area contributed by atoms with Gasteiger partial charge in [-0.15, -0.1) is 0 Å². The van der Waals surface area contributed by atoms with Crippen LogP contribution in [-0.4, -0.2) is 18.0 Å². The lowest BCUT2D eigenvalue weighted by Gasteiger charge is -2.22. The number of nitrogens with two attached hydrogens (primary N) is 1. The lowest BCUT2D eigenvalue weighted by molar-refractivity contribution is -0.121. The summed E-state index contributed by atoms with van der Waals surface area (Å²) < 4.78 is 26.6. The maximum Gasteiger partial charge on any atom is 0.224 e. The van der Waals surface area contributed by atoms with Crippen LogP contribution in [0.1, 0.15) is 37.7 Å². The number of carbonyl (C=O) groups excluding carboxylic acids is 1. The Balaban J connectivity index is 1.96. The average Bonchev–Trinajstić information content (AvgIpc) is 2.61. The van der Waals surface area contributed by atoms with E-state index in [4.69, 9.17) is 5.73 Å². The molecule has 0 saturated heterocycles. The number of benzene rings is 1. The summed E-state index contributed by atoms with van der Waals surface area (Å²) in [6, 6.07) is 3.74. The first kappa shape index (κ1) is 14.9. The number of amides is 1. The lowest BCUT2D eigenvalue weighted by atomic mass is 10.0. The van der Waals surface area contributed by atoms with Gasteiger partial charge >= 0.3 is 0 Å². The fraction of sp³-hybridized carbons (Fsp3) is 0.533. The molecule has 20 heavy (non-hydrogen) atoms. The average molecular weight is 282 g/mol. The van der Waals surface area contributed by atoms with Gasteiger partial charge in [-0.2, -0.15) is 0 Å². The van der Waals surface area contributed by atoms with Gasteiger partial charge < -0.3 is 11.1 Å². The maximum atomic E-state index is 13.5. The van der Waals surface area contributed by atoms with Crippen LogP contribution >= 0.6 is 0 Å². The third-order valence-electron chi connectivity index (χ3n) is 3.80. The third-order valence-corrected chi connectivity index (χ3v) is 3.80.